The van der Waals surface area contributed by atoms with Crippen molar-refractivity contribution in [3.05, 3.63) is 78.6 Å². The Bertz CT molecular complexity index is 1280. The summed E-state index contributed by atoms with van der Waals surface area (Å²) in [4.78, 5) is 12.3. The highest BCUT2D eigenvalue weighted by atomic mass is 32.1. The average Bonchev–Trinajstić information content (AvgIpc) is 3.35. The van der Waals surface area contributed by atoms with Crippen LogP contribution in [0.5, 0.6) is 0 Å². The van der Waals surface area contributed by atoms with Gasteiger partial charge < -0.3 is 15.2 Å². The van der Waals surface area contributed by atoms with Crippen LogP contribution in [-0.2, 0) is 6.54 Å². The molecule has 0 unspecified atom stereocenters. The molecule has 5 aromatic rings. The van der Waals surface area contributed by atoms with E-state index in [0.29, 0.717) is 0 Å². The number of benzene rings is 2. The highest BCUT2D eigenvalue weighted by Gasteiger charge is 2.10. The first kappa shape index (κ1) is 17.9. The molecule has 0 aliphatic carbocycles. The van der Waals surface area contributed by atoms with Crippen molar-refractivity contribution >= 4 is 43.8 Å². The molecule has 0 saturated carbocycles. The summed E-state index contributed by atoms with van der Waals surface area (Å²) in [6, 6.07) is 21.6. The summed E-state index contributed by atoms with van der Waals surface area (Å²) in [7, 11) is 4.18. The molecule has 5 heteroatoms. The smallest absolute Gasteiger partial charge is 0.125 e. The van der Waals surface area contributed by atoms with Crippen LogP contribution in [0.15, 0.2) is 73.1 Å². The van der Waals surface area contributed by atoms with Crippen molar-refractivity contribution in [1.29, 1.82) is 0 Å². The van der Waals surface area contributed by atoms with Crippen molar-refractivity contribution < 1.29 is 0 Å². The second kappa shape index (κ2) is 7.35. The quantitative estimate of drug-likeness (QED) is 0.368. The summed E-state index contributed by atoms with van der Waals surface area (Å²) >= 11 is 1.73. The molecular weight excluding hydrogens is 376 g/mol. The highest BCUT2D eigenvalue weighted by Crippen LogP contribution is 2.37. The van der Waals surface area contributed by atoms with E-state index in [4.69, 9.17) is 0 Å². The maximum absolute atomic E-state index is 4.60. The van der Waals surface area contributed by atoms with E-state index in [1.165, 1.54) is 21.4 Å². The molecular formula is C24H22N4S. The summed E-state index contributed by atoms with van der Waals surface area (Å²) in [5.41, 5.74) is 5.85. The fourth-order valence-electron chi connectivity index (χ4n) is 3.62. The van der Waals surface area contributed by atoms with E-state index in [0.717, 1.165) is 33.7 Å². The molecule has 0 amide bonds. The number of fused-ring (bicyclic) bond motifs is 2. The monoisotopic (exact) mass is 398 g/mol. The Balaban J connectivity index is 1.47. The van der Waals surface area contributed by atoms with Gasteiger partial charge in [-0.1, -0.05) is 24.3 Å². The molecule has 0 spiro atoms. The van der Waals surface area contributed by atoms with Crippen molar-refractivity contribution in [2.75, 3.05) is 19.4 Å². The Labute approximate surface area is 173 Å². The zero-order valence-electron chi connectivity index (χ0n) is 16.4. The molecule has 0 radical (unpaired) electrons. The topological polar surface area (TPSA) is 44.0 Å². The first-order chi connectivity index (χ1) is 14.2. The van der Waals surface area contributed by atoms with Crippen molar-refractivity contribution in [2.24, 2.45) is 0 Å². The Kier molecular flexibility index (Phi) is 4.54. The van der Waals surface area contributed by atoms with Gasteiger partial charge >= 0.3 is 0 Å². The van der Waals surface area contributed by atoms with E-state index in [9.17, 15) is 0 Å². The molecule has 2 N–H and O–H groups in total. The minimum absolute atomic E-state index is 0.952. The number of aromatic amines is 1. The molecule has 0 aliphatic rings. The van der Waals surface area contributed by atoms with Crippen LogP contribution in [-0.4, -0.2) is 29.0 Å². The number of nitrogens with zero attached hydrogens (tertiary/aromatic N) is 2. The van der Waals surface area contributed by atoms with Crippen LogP contribution in [0.2, 0.25) is 0 Å². The molecule has 2 aromatic carbocycles. The number of rotatable bonds is 5. The lowest BCUT2D eigenvalue weighted by atomic mass is 10.1. The predicted octanol–water partition coefficient (Wildman–Crippen LogP) is 6.25. The lowest BCUT2D eigenvalue weighted by molar-refractivity contribution is 0.402. The third kappa shape index (κ3) is 3.62. The van der Waals surface area contributed by atoms with Crippen molar-refractivity contribution in [3.8, 4) is 10.4 Å². The molecule has 0 atom stereocenters. The SMILES string of the molecule is CN(C)Cc1ccc(-c2cc3c(Nc4ccc5[nH]ccc5c4)ccnc3s2)cc1. The molecule has 29 heavy (non-hydrogen) atoms. The predicted molar refractivity (Wildman–Crippen MR) is 124 cm³/mol. The van der Waals surface area contributed by atoms with Gasteiger partial charge in [0, 0.05) is 45.8 Å². The van der Waals surface area contributed by atoms with E-state index in [2.05, 4.69) is 88.9 Å². The molecule has 144 valence electrons. The van der Waals surface area contributed by atoms with Gasteiger partial charge in [-0.15, -0.1) is 11.3 Å². The van der Waals surface area contributed by atoms with Crippen LogP contribution in [0.3, 0.4) is 0 Å². The number of thiophene rings is 1. The minimum Gasteiger partial charge on any atom is -0.361 e. The van der Waals surface area contributed by atoms with Crippen molar-refractivity contribution in [3.63, 3.8) is 0 Å². The van der Waals surface area contributed by atoms with Gasteiger partial charge in [-0.25, -0.2) is 4.98 Å². The summed E-state index contributed by atoms with van der Waals surface area (Å²) in [5, 5.41) is 5.92. The fraction of sp³-hybridized carbons (Fsp3) is 0.125. The number of anilines is 2. The zero-order chi connectivity index (χ0) is 19.8. The molecule has 0 aliphatic heterocycles. The van der Waals surface area contributed by atoms with Gasteiger partial charge in [0.2, 0.25) is 0 Å². The van der Waals surface area contributed by atoms with E-state index in [1.807, 2.05) is 18.5 Å². The van der Waals surface area contributed by atoms with Gasteiger partial charge in [-0.3, -0.25) is 0 Å². The molecule has 0 fully saturated rings. The number of H-pyrrole nitrogens is 1. The Morgan fingerprint density at radius 1 is 1.00 bits per heavy atom. The Morgan fingerprint density at radius 3 is 2.69 bits per heavy atom. The third-order valence-electron chi connectivity index (χ3n) is 5.01. The highest BCUT2D eigenvalue weighted by molar-refractivity contribution is 7.21. The average molecular weight is 399 g/mol. The molecule has 5 rings (SSSR count). The first-order valence-corrected chi connectivity index (χ1v) is 10.4. The maximum Gasteiger partial charge on any atom is 0.125 e. The second-order valence-corrected chi connectivity index (χ2v) is 8.56. The van der Waals surface area contributed by atoms with Crippen LogP contribution in [0.25, 0.3) is 31.6 Å². The number of hydrogen-bond donors (Lipinski definition) is 2. The number of aromatic nitrogens is 2. The van der Waals surface area contributed by atoms with Crippen LogP contribution in [0.4, 0.5) is 11.4 Å². The largest absolute Gasteiger partial charge is 0.361 e. The summed E-state index contributed by atoms with van der Waals surface area (Å²) in [6.45, 7) is 0.952. The molecule has 0 bridgehead atoms. The normalized spacial score (nSPS) is 11.6. The first-order valence-electron chi connectivity index (χ1n) is 9.62. The Hall–Kier alpha value is -3.15. The summed E-state index contributed by atoms with van der Waals surface area (Å²) in [5.74, 6) is 0. The van der Waals surface area contributed by atoms with Crippen molar-refractivity contribution in [1.82, 2.24) is 14.9 Å². The van der Waals surface area contributed by atoms with E-state index >= 15 is 0 Å². The van der Waals surface area contributed by atoms with Gasteiger partial charge in [0.1, 0.15) is 4.83 Å². The van der Waals surface area contributed by atoms with Gasteiger partial charge in [-0.05, 0) is 61.6 Å². The van der Waals surface area contributed by atoms with E-state index < -0.39 is 0 Å². The van der Waals surface area contributed by atoms with Gasteiger partial charge in [0.25, 0.3) is 0 Å². The van der Waals surface area contributed by atoms with Crippen LogP contribution in [0.1, 0.15) is 5.56 Å². The van der Waals surface area contributed by atoms with Crippen LogP contribution < -0.4 is 5.32 Å². The summed E-state index contributed by atoms with van der Waals surface area (Å²) in [6.07, 6.45) is 3.84. The van der Waals surface area contributed by atoms with Gasteiger partial charge in [-0.2, -0.15) is 0 Å². The zero-order valence-corrected chi connectivity index (χ0v) is 17.3. The number of hydrogen-bond acceptors (Lipinski definition) is 4. The van der Waals surface area contributed by atoms with E-state index in [1.54, 1.807) is 11.3 Å². The maximum atomic E-state index is 4.60. The molecule has 0 saturated heterocycles. The summed E-state index contributed by atoms with van der Waals surface area (Å²) < 4.78 is 0. The van der Waals surface area contributed by atoms with Crippen LogP contribution in [0, 0.1) is 0 Å². The molecule has 3 aromatic heterocycles. The lowest BCUT2D eigenvalue weighted by Crippen LogP contribution is -2.10. The van der Waals surface area contributed by atoms with Crippen molar-refractivity contribution in [2.45, 2.75) is 6.54 Å². The van der Waals surface area contributed by atoms with Gasteiger partial charge in [0.05, 0.1) is 5.69 Å². The number of pyridine rings is 1. The molecule has 4 nitrogen and oxygen atoms in total. The standard InChI is InChI=1S/C24H22N4S/c1-28(2)15-16-3-5-17(6-4-16)23-14-20-22(10-12-26-24(20)29-23)27-19-7-8-21-18(13-19)9-11-25-21/h3-14,25H,15H2,1-2H3,(H,26,27). The minimum atomic E-state index is 0.952. The number of nitrogens with one attached hydrogen (secondary N) is 2. The third-order valence-corrected chi connectivity index (χ3v) is 6.10. The second-order valence-electron chi connectivity index (χ2n) is 7.53. The lowest BCUT2D eigenvalue weighted by Gasteiger charge is -2.09. The van der Waals surface area contributed by atoms with Crippen LogP contribution >= 0.6 is 11.3 Å². The van der Waals surface area contributed by atoms with E-state index in [-0.39, 0.29) is 0 Å². The fourth-order valence-corrected chi connectivity index (χ4v) is 4.65. The Morgan fingerprint density at radius 2 is 1.86 bits per heavy atom. The van der Waals surface area contributed by atoms with Gasteiger partial charge in [0.15, 0.2) is 0 Å². The molecule has 3 heterocycles.